The fraction of sp³-hybridized carbons (Fsp3) is 0.174. The van der Waals surface area contributed by atoms with Gasteiger partial charge in [0.1, 0.15) is 11.6 Å². The van der Waals surface area contributed by atoms with Crippen molar-refractivity contribution in [2.45, 2.75) is 23.9 Å². The molecule has 0 saturated heterocycles. The summed E-state index contributed by atoms with van der Waals surface area (Å²) in [7, 11) is 0. The van der Waals surface area contributed by atoms with Crippen molar-refractivity contribution in [2.75, 3.05) is 5.75 Å². The molecule has 0 fully saturated rings. The van der Waals surface area contributed by atoms with Gasteiger partial charge in [0.05, 0.1) is 30.0 Å². The SMILES string of the molecule is O=C(NC1CCSc2ccc(F)cc21)c1ccc2c(c1)C(=O)N(Cc1ccco1)C2=O. The molecule has 1 atom stereocenters. The Labute approximate surface area is 181 Å². The highest BCUT2D eigenvalue weighted by Gasteiger charge is 2.36. The zero-order chi connectivity index (χ0) is 21.5. The Kier molecular flexibility index (Phi) is 4.86. The number of fused-ring (bicyclic) bond motifs is 2. The van der Waals surface area contributed by atoms with Gasteiger partial charge in [0.15, 0.2) is 0 Å². The molecule has 156 valence electrons. The van der Waals surface area contributed by atoms with Gasteiger partial charge in [-0.3, -0.25) is 19.3 Å². The minimum absolute atomic E-state index is 0.0307. The zero-order valence-corrected chi connectivity index (χ0v) is 17.1. The van der Waals surface area contributed by atoms with Crippen LogP contribution in [-0.2, 0) is 6.54 Å². The molecule has 6 nitrogen and oxygen atoms in total. The van der Waals surface area contributed by atoms with Crippen molar-refractivity contribution in [2.24, 2.45) is 0 Å². The number of benzene rings is 2. The Balaban J connectivity index is 1.37. The third-order valence-corrected chi connectivity index (χ3v) is 6.57. The van der Waals surface area contributed by atoms with Crippen molar-refractivity contribution in [3.63, 3.8) is 0 Å². The van der Waals surface area contributed by atoms with E-state index in [-0.39, 0.29) is 41.0 Å². The maximum atomic E-state index is 13.7. The molecule has 1 unspecified atom stereocenters. The van der Waals surface area contributed by atoms with Gasteiger partial charge < -0.3 is 9.73 Å². The molecular formula is C23H17FN2O4S. The van der Waals surface area contributed by atoms with Crippen LogP contribution in [0.1, 0.15) is 54.9 Å². The second-order valence-electron chi connectivity index (χ2n) is 7.38. The number of carbonyl (C=O) groups is 3. The number of rotatable bonds is 4. The average molecular weight is 436 g/mol. The van der Waals surface area contributed by atoms with Gasteiger partial charge in [0.25, 0.3) is 17.7 Å². The molecule has 2 aliphatic heterocycles. The molecule has 1 aromatic heterocycles. The summed E-state index contributed by atoms with van der Waals surface area (Å²) in [5.74, 6) is -0.306. The first-order valence-corrected chi connectivity index (χ1v) is 10.8. The minimum Gasteiger partial charge on any atom is -0.467 e. The van der Waals surface area contributed by atoms with Crippen LogP contribution >= 0.6 is 11.8 Å². The molecule has 2 aromatic carbocycles. The van der Waals surface area contributed by atoms with E-state index in [4.69, 9.17) is 4.42 Å². The fourth-order valence-corrected chi connectivity index (χ4v) is 5.00. The zero-order valence-electron chi connectivity index (χ0n) is 16.3. The van der Waals surface area contributed by atoms with Crippen molar-refractivity contribution in [3.05, 3.63) is 88.6 Å². The molecule has 2 aliphatic rings. The first-order valence-electron chi connectivity index (χ1n) is 9.77. The molecule has 0 bridgehead atoms. The van der Waals surface area contributed by atoms with E-state index in [0.717, 1.165) is 21.1 Å². The second-order valence-corrected chi connectivity index (χ2v) is 8.52. The lowest BCUT2D eigenvalue weighted by molar-refractivity contribution is 0.0631. The highest BCUT2D eigenvalue weighted by molar-refractivity contribution is 7.99. The second kappa shape index (κ2) is 7.70. The number of nitrogens with zero attached hydrogens (tertiary/aromatic N) is 1. The number of nitrogens with one attached hydrogen (secondary N) is 1. The van der Waals surface area contributed by atoms with E-state index in [1.807, 2.05) is 0 Å². The van der Waals surface area contributed by atoms with Crippen LogP contribution < -0.4 is 5.32 Å². The maximum absolute atomic E-state index is 13.7. The highest BCUT2D eigenvalue weighted by Crippen LogP contribution is 2.36. The maximum Gasteiger partial charge on any atom is 0.261 e. The van der Waals surface area contributed by atoms with Gasteiger partial charge in [-0.25, -0.2) is 4.39 Å². The monoisotopic (exact) mass is 436 g/mol. The standard InChI is InChI=1S/C23H17FN2O4S/c24-14-4-6-20-18(11-14)19(7-9-31-20)25-21(27)13-3-5-16-17(10-13)23(29)26(22(16)28)12-15-2-1-8-30-15/h1-6,8,10-11,19H,7,9,12H2,(H,25,27). The lowest BCUT2D eigenvalue weighted by Gasteiger charge is -2.26. The van der Waals surface area contributed by atoms with Gasteiger partial charge in [0.2, 0.25) is 0 Å². The third kappa shape index (κ3) is 3.53. The van der Waals surface area contributed by atoms with E-state index < -0.39 is 11.8 Å². The molecule has 0 aliphatic carbocycles. The van der Waals surface area contributed by atoms with Gasteiger partial charge in [0, 0.05) is 16.2 Å². The molecule has 31 heavy (non-hydrogen) atoms. The van der Waals surface area contributed by atoms with Gasteiger partial charge in [-0.05, 0) is 60.5 Å². The normalized spacial score (nSPS) is 17.5. The Morgan fingerprint density at radius 3 is 2.77 bits per heavy atom. The summed E-state index contributed by atoms with van der Waals surface area (Å²) < 4.78 is 19.0. The van der Waals surface area contributed by atoms with Gasteiger partial charge in [-0.15, -0.1) is 11.8 Å². The van der Waals surface area contributed by atoms with Crippen LogP contribution in [0.25, 0.3) is 0 Å². The first-order chi connectivity index (χ1) is 15.0. The predicted molar refractivity (Wildman–Crippen MR) is 111 cm³/mol. The Hall–Kier alpha value is -3.39. The molecule has 5 rings (SSSR count). The molecule has 0 saturated carbocycles. The van der Waals surface area contributed by atoms with E-state index in [0.29, 0.717) is 12.2 Å². The number of hydrogen-bond acceptors (Lipinski definition) is 5. The van der Waals surface area contributed by atoms with Gasteiger partial charge in [-0.2, -0.15) is 0 Å². The van der Waals surface area contributed by atoms with Crippen LogP contribution in [0.15, 0.2) is 64.1 Å². The van der Waals surface area contributed by atoms with Gasteiger partial charge in [-0.1, -0.05) is 0 Å². The third-order valence-electron chi connectivity index (χ3n) is 5.44. The Morgan fingerprint density at radius 2 is 1.97 bits per heavy atom. The first kappa shape index (κ1) is 19.6. The number of halogens is 1. The molecule has 3 heterocycles. The molecule has 0 radical (unpaired) electrons. The van der Waals surface area contributed by atoms with Crippen molar-refractivity contribution >= 4 is 29.5 Å². The topological polar surface area (TPSA) is 79.6 Å². The van der Waals surface area contributed by atoms with Crippen LogP contribution in [-0.4, -0.2) is 28.4 Å². The molecule has 3 amide bonds. The molecular weight excluding hydrogens is 419 g/mol. The average Bonchev–Trinajstić information content (AvgIpc) is 3.37. The van der Waals surface area contributed by atoms with Crippen LogP contribution in [0, 0.1) is 5.82 Å². The van der Waals surface area contributed by atoms with E-state index >= 15 is 0 Å². The summed E-state index contributed by atoms with van der Waals surface area (Å²) >= 11 is 1.63. The van der Waals surface area contributed by atoms with E-state index in [1.165, 1.54) is 36.6 Å². The van der Waals surface area contributed by atoms with Gasteiger partial charge >= 0.3 is 0 Å². The molecule has 0 spiro atoms. The summed E-state index contributed by atoms with van der Waals surface area (Å²) in [4.78, 5) is 40.4. The van der Waals surface area contributed by atoms with E-state index in [9.17, 15) is 18.8 Å². The number of hydrogen-bond donors (Lipinski definition) is 1. The number of amides is 3. The Bertz CT molecular complexity index is 1210. The molecule has 1 N–H and O–H groups in total. The van der Waals surface area contributed by atoms with Crippen molar-refractivity contribution in [1.82, 2.24) is 10.2 Å². The number of furan rings is 1. The summed E-state index contributed by atoms with van der Waals surface area (Å²) in [6, 6.07) is 12.1. The van der Waals surface area contributed by atoms with E-state index in [2.05, 4.69) is 5.32 Å². The largest absolute Gasteiger partial charge is 0.467 e. The van der Waals surface area contributed by atoms with E-state index in [1.54, 1.807) is 30.0 Å². The van der Waals surface area contributed by atoms with Crippen LogP contribution in [0.2, 0.25) is 0 Å². The lowest BCUT2D eigenvalue weighted by Crippen LogP contribution is -2.31. The smallest absolute Gasteiger partial charge is 0.261 e. The van der Waals surface area contributed by atoms with Crippen LogP contribution in [0.3, 0.4) is 0 Å². The summed E-state index contributed by atoms with van der Waals surface area (Å²) in [6.45, 7) is 0.0307. The Morgan fingerprint density at radius 1 is 1.13 bits per heavy atom. The molecule has 3 aromatic rings. The predicted octanol–water partition coefficient (Wildman–Crippen LogP) is 4.18. The van der Waals surface area contributed by atoms with Crippen molar-refractivity contribution < 1.29 is 23.2 Å². The van der Waals surface area contributed by atoms with Crippen molar-refractivity contribution in [3.8, 4) is 0 Å². The number of thioether (sulfide) groups is 1. The quantitative estimate of drug-likeness (QED) is 0.621. The van der Waals surface area contributed by atoms with Crippen molar-refractivity contribution in [1.29, 1.82) is 0 Å². The van der Waals surface area contributed by atoms with Crippen LogP contribution in [0.4, 0.5) is 4.39 Å². The summed E-state index contributed by atoms with van der Waals surface area (Å²) in [5, 5.41) is 2.94. The summed E-state index contributed by atoms with van der Waals surface area (Å²) in [5.41, 5.74) is 1.47. The number of imide groups is 1. The number of carbonyl (C=O) groups excluding carboxylic acids is 3. The highest BCUT2D eigenvalue weighted by atomic mass is 32.2. The fourth-order valence-electron chi connectivity index (χ4n) is 3.89. The lowest BCUT2D eigenvalue weighted by atomic mass is 10.0. The minimum atomic E-state index is -0.465. The van der Waals surface area contributed by atoms with Crippen LogP contribution in [0.5, 0.6) is 0 Å². The summed E-state index contributed by atoms with van der Waals surface area (Å²) in [6.07, 6.45) is 2.15. The molecule has 8 heteroatoms.